The largest absolute Gasteiger partial charge is 0.490 e. The zero-order chi connectivity index (χ0) is 21.1. The Morgan fingerprint density at radius 3 is 2.62 bits per heavy atom. The lowest BCUT2D eigenvalue weighted by atomic mass is 10.2. The van der Waals surface area contributed by atoms with E-state index in [0.29, 0.717) is 36.0 Å². The predicted octanol–water partition coefficient (Wildman–Crippen LogP) is 4.41. The molecule has 1 amide bonds. The minimum atomic E-state index is -0.350. The Balaban J connectivity index is 2.03. The van der Waals surface area contributed by atoms with Crippen molar-refractivity contribution < 1.29 is 19.0 Å². The molecule has 1 N–H and O–H groups in total. The molecular weight excluding hydrogens is 436 g/mol. The molecule has 0 spiro atoms. The van der Waals surface area contributed by atoms with Crippen molar-refractivity contribution in [3.63, 3.8) is 0 Å². The fraction of sp³-hybridized carbons (Fsp3) is 0.273. The molecule has 2 aromatic rings. The molecule has 29 heavy (non-hydrogen) atoms. The summed E-state index contributed by atoms with van der Waals surface area (Å²) in [7, 11) is 0. The van der Waals surface area contributed by atoms with Gasteiger partial charge in [-0.3, -0.25) is 4.79 Å². The molecule has 0 atom stereocenters. The van der Waals surface area contributed by atoms with Gasteiger partial charge in [0.15, 0.2) is 11.5 Å². The van der Waals surface area contributed by atoms with Crippen molar-refractivity contribution in [2.24, 2.45) is 5.10 Å². The maximum Gasteiger partial charge on any atom is 0.271 e. The molecule has 0 bridgehead atoms. The van der Waals surface area contributed by atoms with E-state index in [1.54, 1.807) is 30.3 Å². The Kier molecular flexibility index (Phi) is 9.06. The van der Waals surface area contributed by atoms with E-state index in [4.69, 9.17) is 20.6 Å². The fourth-order valence-electron chi connectivity index (χ4n) is 2.31. The summed E-state index contributed by atoms with van der Waals surface area (Å²) in [5, 5.41) is 4.01. The monoisotopic (exact) mass is 458 g/mol. The van der Waals surface area contributed by atoms with E-state index < -0.39 is 0 Å². The number of rotatable bonds is 10. The SMILES string of the molecule is C#CCOc1ccc(/C=N/NC(=O)c2ccc(OCCC)c(OCC)c2)cc1Br. The van der Waals surface area contributed by atoms with Gasteiger partial charge in [-0.15, -0.1) is 6.42 Å². The van der Waals surface area contributed by atoms with Crippen LogP contribution in [-0.4, -0.2) is 31.9 Å². The second-order valence-electron chi connectivity index (χ2n) is 5.82. The third-order valence-corrected chi connectivity index (χ3v) is 4.23. The molecule has 0 fully saturated rings. The van der Waals surface area contributed by atoms with E-state index in [0.717, 1.165) is 16.5 Å². The van der Waals surface area contributed by atoms with Crippen LogP contribution in [0.4, 0.5) is 0 Å². The van der Waals surface area contributed by atoms with Gasteiger partial charge in [0.05, 0.1) is 23.9 Å². The molecule has 0 saturated heterocycles. The molecule has 2 rings (SSSR count). The maximum atomic E-state index is 12.4. The number of ether oxygens (including phenoxy) is 3. The molecule has 0 unspecified atom stereocenters. The number of benzene rings is 2. The normalized spacial score (nSPS) is 10.4. The van der Waals surface area contributed by atoms with Gasteiger partial charge in [-0.2, -0.15) is 5.10 Å². The van der Waals surface area contributed by atoms with Gasteiger partial charge in [0.1, 0.15) is 12.4 Å². The zero-order valence-electron chi connectivity index (χ0n) is 16.4. The van der Waals surface area contributed by atoms with Gasteiger partial charge in [-0.25, -0.2) is 5.43 Å². The second kappa shape index (κ2) is 11.8. The van der Waals surface area contributed by atoms with E-state index in [9.17, 15) is 4.79 Å². The molecule has 0 heterocycles. The number of carbonyl (C=O) groups is 1. The highest BCUT2D eigenvalue weighted by molar-refractivity contribution is 9.10. The van der Waals surface area contributed by atoms with Gasteiger partial charge in [-0.05, 0) is 71.2 Å². The molecular formula is C22H23BrN2O4. The third-order valence-electron chi connectivity index (χ3n) is 3.61. The Bertz CT molecular complexity index is 906. The van der Waals surface area contributed by atoms with Crippen LogP contribution in [0, 0.1) is 12.3 Å². The first-order valence-electron chi connectivity index (χ1n) is 9.17. The summed E-state index contributed by atoms with van der Waals surface area (Å²) in [5.74, 6) is 3.85. The maximum absolute atomic E-state index is 12.4. The van der Waals surface area contributed by atoms with Crippen LogP contribution in [-0.2, 0) is 0 Å². The van der Waals surface area contributed by atoms with Crippen LogP contribution in [0.1, 0.15) is 36.2 Å². The molecule has 0 aliphatic rings. The highest BCUT2D eigenvalue weighted by atomic mass is 79.9. The Morgan fingerprint density at radius 2 is 1.93 bits per heavy atom. The quantitative estimate of drug-likeness (QED) is 0.325. The van der Waals surface area contributed by atoms with E-state index >= 15 is 0 Å². The van der Waals surface area contributed by atoms with Crippen molar-refractivity contribution >= 4 is 28.1 Å². The summed E-state index contributed by atoms with van der Waals surface area (Å²) in [5.41, 5.74) is 3.71. The first kappa shape index (κ1) is 22.3. The first-order chi connectivity index (χ1) is 14.1. The van der Waals surface area contributed by atoms with Gasteiger partial charge in [0.2, 0.25) is 0 Å². The molecule has 152 valence electrons. The van der Waals surface area contributed by atoms with Crippen molar-refractivity contribution in [2.75, 3.05) is 19.8 Å². The molecule has 0 aliphatic heterocycles. The Morgan fingerprint density at radius 1 is 1.14 bits per heavy atom. The lowest BCUT2D eigenvalue weighted by molar-refractivity contribution is 0.0954. The standard InChI is InChI=1S/C22H23BrN2O4/c1-4-11-28-19-9-7-16(13-18(19)23)15-24-25-22(26)17-8-10-20(29-12-5-2)21(14-17)27-6-3/h1,7-10,13-15H,5-6,11-12H2,2-3H3,(H,25,26)/b24-15+. The fourth-order valence-corrected chi connectivity index (χ4v) is 2.82. The van der Waals surface area contributed by atoms with Crippen molar-refractivity contribution in [3.8, 4) is 29.6 Å². The van der Waals surface area contributed by atoms with Gasteiger partial charge in [0.25, 0.3) is 5.91 Å². The molecule has 0 aliphatic carbocycles. The highest BCUT2D eigenvalue weighted by Crippen LogP contribution is 2.29. The van der Waals surface area contributed by atoms with Crippen LogP contribution in [0.25, 0.3) is 0 Å². The number of hydrogen-bond acceptors (Lipinski definition) is 5. The van der Waals surface area contributed by atoms with Gasteiger partial charge >= 0.3 is 0 Å². The number of nitrogens with zero attached hydrogens (tertiary/aromatic N) is 1. The Labute approximate surface area is 179 Å². The second-order valence-corrected chi connectivity index (χ2v) is 6.68. The van der Waals surface area contributed by atoms with Gasteiger partial charge in [-0.1, -0.05) is 12.8 Å². The number of hydrogen-bond donors (Lipinski definition) is 1. The summed E-state index contributed by atoms with van der Waals surface area (Å²) < 4.78 is 17.4. The van der Waals surface area contributed by atoms with Gasteiger partial charge in [0, 0.05) is 5.56 Å². The molecule has 0 saturated carbocycles. The predicted molar refractivity (Wildman–Crippen MR) is 117 cm³/mol. The zero-order valence-corrected chi connectivity index (χ0v) is 18.0. The smallest absolute Gasteiger partial charge is 0.271 e. The van der Waals surface area contributed by atoms with Crippen LogP contribution in [0.3, 0.4) is 0 Å². The number of nitrogens with one attached hydrogen (secondary N) is 1. The summed E-state index contributed by atoms with van der Waals surface area (Å²) >= 11 is 3.41. The van der Waals surface area contributed by atoms with Crippen molar-refractivity contribution in [1.82, 2.24) is 5.43 Å². The third kappa shape index (κ3) is 6.84. The lowest BCUT2D eigenvalue weighted by Crippen LogP contribution is -2.17. The minimum Gasteiger partial charge on any atom is -0.490 e. The van der Waals surface area contributed by atoms with Gasteiger partial charge < -0.3 is 14.2 Å². The summed E-state index contributed by atoms with van der Waals surface area (Å²) in [6, 6.07) is 10.4. The minimum absolute atomic E-state index is 0.189. The number of terminal acetylenes is 1. The van der Waals surface area contributed by atoms with E-state index in [2.05, 4.69) is 32.4 Å². The highest BCUT2D eigenvalue weighted by Gasteiger charge is 2.11. The average Bonchev–Trinajstić information content (AvgIpc) is 2.72. The van der Waals surface area contributed by atoms with Crippen LogP contribution in [0.15, 0.2) is 46.0 Å². The molecule has 2 aromatic carbocycles. The molecule has 0 radical (unpaired) electrons. The van der Waals surface area contributed by atoms with Crippen molar-refractivity contribution in [2.45, 2.75) is 20.3 Å². The van der Waals surface area contributed by atoms with E-state index in [-0.39, 0.29) is 12.5 Å². The molecule has 6 nitrogen and oxygen atoms in total. The van der Waals surface area contributed by atoms with Crippen LogP contribution in [0.5, 0.6) is 17.2 Å². The molecule has 0 aromatic heterocycles. The summed E-state index contributed by atoms with van der Waals surface area (Å²) in [6.45, 7) is 5.14. The summed E-state index contributed by atoms with van der Waals surface area (Å²) in [6.07, 6.45) is 7.61. The average molecular weight is 459 g/mol. The van der Waals surface area contributed by atoms with Crippen LogP contribution in [0.2, 0.25) is 0 Å². The Hall–Kier alpha value is -2.98. The lowest BCUT2D eigenvalue weighted by Gasteiger charge is -2.12. The number of carbonyl (C=O) groups excluding carboxylic acids is 1. The number of halogens is 1. The summed E-state index contributed by atoms with van der Waals surface area (Å²) in [4.78, 5) is 12.4. The van der Waals surface area contributed by atoms with E-state index in [1.165, 1.54) is 6.21 Å². The first-order valence-corrected chi connectivity index (χ1v) is 9.97. The van der Waals surface area contributed by atoms with Crippen LogP contribution >= 0.6 is 15.9 Å². The van der Waals surface area contributed by atoms with Crippen molar-refractivity contribution in [1.29, 1.82) is 0 Å². The molecule has 7 heteroatoms. The van der Waals surface area contributed by atoms with Crippen LogP contribution < -0.4 is 19.6 Å². The topological polar surface area (TPSA) is 69.2 Å². The number of amides is 1. The van der Waals surface area contributed by atoms with Crippen molar-refractivity contribution in [3.05, 3.63) is 52.0 Å². The van der Waals surface area contributed by atoms with E-state index in [1.807, 2.05) is 19.9 Å². The number of hydrazone groups is 1.